The summed E-state index contributed by atoms with van der Waals surface area (Å²) in [6, 6.07) is 9.18. The minimum absolute atomic E-state index is 0.0249. The molecule has 2 rings (SSSR count). The quantitative estimate of drug-likeness (QED) is 0.869. The van der Waals surface area contributed by atoms with E-state index in [4.69, 9.17) is 0 Å². The molecule has 6 nitrogen and oxygen atoms in total. The number of hydrogen-bond donors (Lipinski definition) is 2. The first-order valence-electron chi connectivity index (χ1n) is 8.69. The zero-order chi connectivity index (χ0) is 18.4. The highest BCUT2D eigenvalue weighted by Gasteiger charge is 2.26. The molecule has 3 amide bonds. The van der Waals surface area contributed by atoms with Gasteiger partial charge in [-0.25, -0.2) is 0 Å². The van der Waals surface area contributed by atoms with Crippen molar-refractivity contribution >= 4 is 17.7 Å². The third kappa shape index (κ3) is 5.59. The summed E-state index contributed by atoms with van der Waals surface area (Å²) in [6.07, 6.45) is 1.44. The molecule has 0 radical (unpaired) electrons. The van der Waals surface area contributed by atoms with Gasteiger partial charge in [-0.15, -0.1) is 0 Å². The van der Waals surface area contributed by atoms with Crippen LogP contribution in [0, 0.1) is 5.41 Å². The Morgan fingerprint density at radius 1 is 1.08 bits per heavy atom. The fourth-order valence-electron chi connectivity index (χ4n) is 2.66. The summed E-state index contributed by atoms with van der Waals surface area (Å²) in [4.78, 5) is 37.9. The maximum atomic E-state index is 12.2. The van der Waals surface area contributed by atoms with E-state index in [1.165, 1.54) is 0 Å². The van der Waals surface area contributed by atoms with Crippen molar-refractivity contribution in [3.8, 4) is 0 Å². The molecule has 0 unspecified atom stereocenters. The molecule has 1 aliphatic rings. The smallest absolute Gasteiger partial charge is 0.251 e. The van der Waals surface area contributed by atoms with Crippen molar-refractivity contribution in [3.63, 3.8) is 0 Å². The Morgan fingerprint density at radius 3 is 2.24 bits per heavy atom. The van der Waals surface area contributed by atoms with E-state index in [0.29, 0.717) is 18.7 Å². The van der Waals surface area contributed by atoms with Crippen molar-refractivity contribution in [1.29, 1.82) is 0 Å². The summed E-state index contributed by atoms with van der Waals surface area (Å²) in [7, 11) is 0. The number of carbonyl (C=O) groups is 3. The molecule has 6 heteroatoms. The Balaban J connectivity index is 1.75. The van der Waals surface area contributed by atoms with E-state index in [0.717, 1.165) is 12.8 Å². The molecule has 0 saturated carbocycles. The van der Waals surface area contributed by atoms with E-state index >= 15 is 0 Å². The van der Waals surface area contributed by atoms with Gasteiger partial charge in [0.15, 0.2) is 0 Å². The Bertz CT molecular complexity index is 615. The second-order valence-electron chi connectivity index (χ2n) is 7.43. The van der Waals surface area contributed by atoms with Crippen molar-refractivity contribution in [3.05, 3.63) is 35.9 Å². The van der Waals surface area contributed by atoms with Crippen molar-refractivity contribution in [2.45, 2.75) is 39.7 Å². The van der Waals surface area contributed by atoms with E-state index in [1.54, 1.807) is 17.0 Å². The van der Waals surface area contributed by atoms with Gasteiger partial charge in [0.2, 0.25) is 11.8 Å². The van der Waals surface area contributed by atoms with Gasteiger partial charge in [-0.05, 0) is 25.0 Å². The SMILES string of the molecule is CC(C)(C)C(=O)NCC(=O)N1CCC(NC(=O)c2ccccc2)CC1. The first kappa shape index (κ1) is 19.0. The first-order valence-corrected chi connectivity index (χ1v) is 8.69. The summed E-state index contributed by atoms with van der Waals surface area (Å²) in [5.74, 6) is -0.292. The van der Waals surface area contributed by atoms with E-state index in [1.807, 2.05) is 39.0 Å². The largest absolute Gasteiger partial charge is 0.349 e. The molecule has 0 aliphatic carbocycles. The lowest BCUT2D eigenvalue weighted by molar-refractivity contribution is -0.135. The van der Waals surface area contributed by atoms with Crippen LogP contribution in [0.5, 0.6) is 0 Å². The predicted octanol–water partition coefficient (Wildman–Crippen LogP) is 1.57. The van der Waals surface area contributed by atoms with E-state index in [-0.39, 0.29) is 30.3 Å². The van der Waals surface area contributed by atoms with Gasteiger partial charge in [0.05, 0.1) is 6.54 Å². The van der Waals surface area contributed by atoms with Crippen LogP contribution in [0.2, 0.25) is 0 Å². The highest BCUT2D eigenvalue weighted by molar-refractivity contribution is 5.94. The summed E-state index contributed by atoms with van der Waals surface area (Å²) in [5.41, 5.74) is 0.139. The molecule has 1 saturated heterocycles. The topological polar surface area (TPSA) is 78.5 Å². The maximum Gasteiger partial charge on any atom is 0.251 e. The van der Waals surface area contributed by atoms with Gasteiger partial charge < -0.3 is 15.5 Å². The molecular weight excluding hydrogens is 318 g/mol. The number of amides is 3. The summed E-state index contributed by atoms with van der Waals surface area (Å²) in [5, 5.41) is 5.70. The van der Waals surface area contributed by atoms with Crippen LogP contribution in [0.15, 0.2) is 30.3 Å². The van der Waals surface area contributed by atoms with Crippen molar-refractivity contribution < 1.29 is 14.4 Å². The molecular formula is C19H27N3O3. The molecule has 1 aromatic carbocycles. The number of benzene rings is 1. The van der Waals surface area contributed by atoms with Crippen LogP contribution in [-0.2, 0) is 9.59 Å². The van der Waals surface area contributed by atoms with Crippen LogP contribution in [0.3, 0.4) is 0 Å². The number of nitrogens with zero attached hydrogens (tertiary/aromatic N) is 1. The number of nitrogens with one attached hydrogen (secondary N) is 2. The Kier molecular flexibility index (Phi) is 6.17. The summed E-state index contributed by atoms with van der Waals surface area (Å²) < 4.78 is 0. The van der Waals surface area contributed by atoms with E-state index < -0.39 is 5.41 Å². The maximum absolute atomic E-state index is 12.2. The minimum Gasteiger partial charge on any atom is -0.349 e. The lowest BCUT2D eigenvalue weighted by Crippen LogP contribution is -2.49. The normalized spacial score (nSPS) is 15.6. The number of piperidine rings is 1. The molecule has 0 atom stereocenters. The molecule has 0 bridgehead atoms. The predicted molar refractivity (Wildman–Crippen MR) is 96.0 cm³/mol. The molecule has 0 spiro atoms. The number of carbonyl (C=O) groups excluding carboxylic acids is 3. The molecule has 136 valence electrons. The second-order valence-corrected chi connectivity index (χ2v) is 7.43. The third-order valence-corrected chi connectivity index (χ3v) is 4.30. The van der Waals surface area contributed by atoms with Gasteiger partial charge in [0, 0.05) is 30.1 Å². The van der Waals surface area contributed by atoms with Gasteiger partial charge in [-0.2, -0.15) is 0 Å². The monoisotopic (exact) mass is 345 g/mol. The van der Waals surface area contributed by atoms with Crippen molar-refractivity contribution in [2.24, 2.45) is 5.41 Å². The van der Waals surface area contributed by atoms with Crippen LogP contribution in [0.4, 0.5) is 0 Å². The zero-order valence-corrected chi connectivity index (χ0v) is 15.2. The third-order valence-electron chi connectivity index (χ3n) is 4.30. The zero-order valence-electron chi connectivity index (χ0n) is 15.2. The molecule has 1 aliphatic heterocycles. The van der Waals surface area contributed by atoms with Gasteiger partial charge in [-0.3, -0.25) is 14.4 Å². The molecule has 25 heavy (non-hydrogen) atoms. The van der Waals surface area contributed by atoms with Gasteiger partial charge in [-0.1, -0.05) is 39.0 Å². The minimum atomic E-state index is -0.505. The first-order chi connectivity index (χ1) is 11.8. The lowest BCUT2D eigenvalue weighted by Gasteiger charge is -2.32. The average molecular weight is 345 g/mol. The Labute approximate surface area is 149 Å². The lowest BCUT2D eigenvalue weighted by atomic mass is 9.96. The standard InChI is InChI=1S/C19H27N3O3/c1-19(2,3)18(25)20-13-16(23)22-11-9-15(10-12-22)21-17(24)14-7-5-4-6-8-14/h4-8,15H,9-13H2,1-3H3,(H,20,25)(H,21,24). The van der Waals surface area contributed by atoms with Crippen LogP contribution >= 0.6 is 0 Å². The highest BCUT2D eigenvalue weighted by atomic mass is 16.2. The van der Waals surface area contributed by atoms with Gasteiger partial charge >= 0.3 is 0 Å². The van der Waals surface area contributed by atoms with Gasteiger partial charge in [0.25, 0.3) is 5.91 Å². The van der Waals surface area contributed by atoms with E-state index in [2.05, 4.69) is 10.6 Å². The number of rotatable bonds is 4. The highest BCUT2D eigenvalue weighted by Crippen LogP contribution is 2.13. The van der Waals surface area contributed by atoms with Crippen molar-refractivity contribution in [1.82, 2.24) is 15.5 Å². The van der Waals surface area contributed by atoms with Crippen LogP contribution in [-0.4, -0.2) is 48.3 Å². The van der Waals surface area contributed by atoms with Crippen LogP contribution < -0.4 is 10.6 Å². The average Bonchev–Trinajstić information content (AvgIpc) is 2.60. The van der Waals surface area contributed by atoms with E-state index in [9.17, 15) is 14.4 Å². The fraction of sp³-hybridized carbons (Fsp3) is 0.526. The summed E-state index contributed by atoms with van der Waals surface area (Å²) >= 11 is 0. The Hall–Kier alpha value is -2.37. The molecule has 1 heterocycles. The van der Waals surface area contributed by atoms with Crippen molar-refractivity contribution in [2.75, 3.05) is 19.6 Å². The van der Waals surface area contributed by atoms with Crippen LogP contribution in [0.1, 0.15) is 44.0 Å². The number of likely N-dealkylation sites (tertiary alicyclic amines) is 1. The second kappa shape index (κ2) is 8.14. The molecule has 1 aromatic rings. The van der Waals surface area contributed by atoms with Gasteiger partial charge in [0.1, 0.15) is 0 Å². The molecule has 1 fully saturated rings. The Morgan fingerprint density at radius 2 is 1.68 bits per heavy atom. The molecule has 2 N–H and O–H groups in total. The number of hydrogen-bond acceptors (Lipinski definition) is 3. The molecule has 0 aromatic heterocycles. The fourth-order valence-corrected chi connectivity index (χ4v) is 2.66. The van der Waals surface area contributed by atoms with Crippen LogP contribution in [0.25, 0.3) is 0 Å². The summed E-state index contributed by atoms with van der Waals surface area (Å²) in [6.45, 7) is 6.64.